The molecule has 0 fully saturated rings. The van der Waals surface area contributed by atoms with Crippen molar-refractivity contribution in [3.8, 4) is 0 Å². The van der Waals surface area contributed by atoms with Gasteiger partial charge in [0.2, 0.25) is 0 Å². The fourth-order valence-corrected chi connectivity index (χ4v) is 2.38. The van der Waals surface area contributed by atoms with Crippen molar-refractivity contribution in [1.82, 2.24) is 5.32 Å². The van der Waals surface area contributed by atoms with Gasteiger partial charge in [0, 0.05) is 18.3 Å². The van der Waals surface area contributed by atoms with Crippen molar-refractivity contribution in [1.29, 1.82) is 0 Å². The van der Waals surface area contributed by atoms with Crippen LogP contribution in [0.5, 0.6) is 0 Å². The molecule has 0 spiro atoms. The molecule has 1 heterocycles. The van der Waals surface area contributed by atoms with E-state index >= 15 is 0 Å². The lowest BCUT2D eigenvalue weighted by Gasteiger charge is -2.26. The van der Waals surface area contributed by atoms with Gasteiger partial charge in [0.05, 0.1) is 0 Å². The molecule has 0 aliphatic carbocycles. The van der Waals surface area contributed by atoms with Crippen LogP contribution in [0.4, 0.5) is 10.5 Å². The van der Waals surface area contributed by atoms with E-state index in [0.29, 0.717) is 0 Å². The average Bonchev–Trinajstić information content (AvgIpc) is 2.31. The number of benzene rings is 1. The number of alkyl carbamates (subject to hydrolysis) is 1. The van der Waals surface area contributed by atoms with Crippen LogP contribution in [0.25, 0.3) is 0 Å². The molecule has 0 saturated heterocycles. The second-order valence-corrected chi connectivity index (χ2v) is 6.27. The molecule has 2 rings (SSSR count). The molecule has 0 bridgehead atoms. The Morgan fingerprint density at radius 2 is 2.10 bits per heavy atom. The molecule has 4 heteroatoms. The quantitative estimate of drug-likeness (QED) is 0.827. The maximum Gasteiger partial charge on any atom is 0.407 e. The zero-order valence-electron chi connectivity index (χ0n) is 12.5. The van der Waals surface area contributed by atoms with Gasteiger partial charge in [0.15, 0.2) is 0 Å². The van der Waals surface area contributed by atoms with E-state index < -0.39 is 5.60 Å². The molecule has 1 amide bonds. The molecule has 0 unspecified atom stereocenters. The Labute approximate surface area is 120 Å². The molecule has 20 heavy (non-hydrogen) atoms. The van der Waals surface area contributed by atoms with E-state index in [-0.39, 0.29) is 12.1 Å². The number of ether oxygens (including phenoxy) is 1. The van der Waals surface area contributed by atoms with Crippen molar-refractivity contribution in [3.05, 3.63) is 29.8 Å². The zero-order chi connectivity index (χ0) is 14.6. The minimum Gasteiger partial charge on any atom is -0.444 e. The van der Waals surface area contributed by atoms with E-state index in [4.69, 9.17) is 4.74 Å². The zero-order valence-corrected chi connectivity index (χ0v) is 12.5. The van der Waals surface area contributed by atoms with E-state index in [1.54, 1.807) is 0 Å². The molecule has 1 aliphatic rings. The van der Waals surface area contributed by atoms with E-state index in [2.05, 4.69) is 28.8 Å². The summed E-state index contributed by atoms with van der Waals surface area (Å²) in [6.07, 6.45) is 2.73. The maximum atomic E-state index is 11.8. The first-order valence-corrected chi connectivity index (χ1v) is 7.25. The molecule has 0 aromatic heterocycles. The highest BCUT2D eigenvalue weighted by atomic mass is 16.6. The van der Waals surface area contributed by atoms with Gasteiger partial charge in [-0.3, -0.25) is 0 Å². The van der Waals surface area contributed by atoms with E-state index in [1.807, 2.05) is 26.8 Å². The van der Waals surface area contributed by atoms with Crippen LogP contribution in [0.2, 0.25) is 0 Å². The van der Waals surface area contributed by atoms with E-state index in [0.717, 1.165) is 25.8 Å². The maximum absolute atomic E-state index is 11.8. The third kappa shape index (κ3) is 4.44. The van der Waals surface area contributed by atoms with E-state index in [9.17, 15) is 4.79 Å². The van der Waals surface area contributed by atoms with Crippen molar-refractivity contribution < 1.29 is 9.53 Å². The molecule has 1 aromatic carbocycles. The SMILES string of the molecule is CC(C)(C)OC(=O)N[C@@H]1CCCc2ccccc2NC1. The highest BCUT2D eigenvalue weighted by Gasteiger charge is 2.20. The van der Waals surface area contributed by atoms with Crippen LogP contribution in [-0.4, -0.2) is 24.3 Å². The summed E-state index contributed by atoms with van der Waals surface area (Å²) < 4.78 is 5.30. The molecule has 0 radical (unpaired) electrons. The number of fused-ring (bicyclic) bond motifs is 1. The minimum absolute atomic E-state index is 0.109. The van der Waals surface area contributed by atoms with Crippen LogP contribution in [0.15, 0.2) is 24.3 Å². The average molecular weight is 276 g/mol. The van der Waals surface area contributed by atoms with Crippen molar-refractivity contribution in [3.63, 3.8) is 0 Å². The fourth-order valence-electron chi connectivity index (χ4n) is 2.38. The number of amides is 1. The van der Waals surface area contributed by atoms with Crippen LogP contribution in [0, 0.1) is 0 Å². The Balaban J connectivity index is 1.91. The lowest BCUT2D eigenvalue weighted by Crippen LogP contribution is -2.43. The largest absolute Gasteiger partial charge is 0.444 e. The van der Waals surface area contributed by atoms with Gasteiger partial charge in [-0.25, -0.2) is 4.79 Å². The molecular weight excluding hydrogens is 252 g/mol. The Bertz CT molecular complexity index is 466. The first-order valence-electron chi connectivity index (χ1n) is 7.25. The second kappa shape index (κ2) is 6.16. The number of carbonyl (C=O) groups is 1. The van der Waals surface area contributed by atoms with Crippen molar-refractivity contribution in [2.45, 2.75) is 51.7 Å². The summed E-state index contributed by atoms with van der Waals surface area (Å²) in [7, 11) is 0. The number of para-hydroxylation sites is 1. The summed E-state index contributed by atoms with van der Waals surface area (Å²) in [4.78, 5) is 11.8. The fraction of sp³-hybridized carbons (Fsp3) is 0.562. The molecule has 1 aliphatic heterocycles. The summed E-state index contributed by atoms with van der Waals surface area (Å²) in [5.74, 6) is 0. The van der Waals surface area contributed by atoms with Crippen molar-refractivity contribution in [2.24, 2.45) is 0 Å². The predicted octanol–water partition coefficient (Wildman–Crippen LogP) is 3.33. The van der Waals surface area contributed by atoms with Gasteiger partial charge in [0.25, 0.3) is 0 Å². The molecule has 4 nitrogen and oxygen atoms in total. The number of nitrogens with one attached hydrogen (secondary N) is 2. The number of hydrogen-bond acceptors (Lipinski definition) is 3. The summed E-state index contributed by atoms with van der Waals surface area (Å²) in [5.41, 5.74) is 2.07. The summed E-state index contributed by atoms with van der Waals surface area (Å²) in [5, 5.41) is 6.36. The Morgan fingerprint density at radius 3 is 2.85 bits per heavy atom. The first-order chi connectivity index (χ1) is 9.44. The van der Waals surface area contributed by atoms with Gasteiger partial charge in [0.1, 0.15) is 5.60 Å². The molecule has 1 aromatic rings. The first kappa shape index (κ1) is 14.7. The summed E-state index contributed by atoms with van der Waals surface area (Å²) >= 11 is 0. The predicted molar refractivity (Wildman–Crippen MR) is 81.0 cm³/mol. The van der Waals surface area contributed by atoms with Gasteiger partial charge in [-0.2, -0.15) is 0 Å². The Kier molecular flexibility index (Phi) is 4.53. The molecule has 2 N–H and O–H groups in total. The van der Waals surface area contributed by atoms with Crippen molar-refractivity contribution in [2.75, 3.05) is 11.9 Å². The highest BCUT2D eigenvalue weighted by Crippen LogP contribution is 2.20. The summed E-state index contributed by atoms with van der Waals surface area (Å²) in [6, 6.07) is 8.45. The smallest absolute Gasteiger partial charge is 0.407 e. The third-order valence-electron chi connectivity index (χ3n) is 3.28. The standard InChI is InChI=1S/C16H24N2O2/c1-16(2,3)20-15(19)18-13-9-6-8-12-7-4-5-10-14(12)17-11-13/h4-5,7,10,13,17H,6,8-9,11H2,1-3H3,(H,18,19)/t13-/m1/s1. The lowest BCUT2D eigenvalue weighted by molar-refractivity contribution is 0.0504. The third-order valence-corrected chi connectivity index (χ3v) is 3.28. The Morgan fingerprint density at radius 1 is 1.35 bits per heavy atom. The van der Waals surface area contributed by atoms with Crippen LogP contribution in [0.3, 0.4) is 0 Å². The number of anilines is 1. The molecule has 110 valence electrons. The van der Waals surface area contributed by atoms with Gasteiger partial charge in [-0.1, -0.05) is 18.2 Å². The lowest BCUT2D eigenvalue weighted by atomic mass is 10.0. The summed E-state index contributed by atoms with van der Waals surface area (Å²) in [6.45, 7) is 6.36. The van der Waals surface area contributed by atoms with Crippen molar-refractivity contribution >= 4 is 11.8 Å². The molecular formula is C16H24N2O2. The van der Waals surface area contributed by atoms with Crippen LogP contribution in [-0.2, 0) is 11.2 Å². The number of hydrogen-bond donors (Lipinski definition) is 2. The Hall–Kier alpha value is -1.71. The number of aryl methyl sites for hydroxylation is 1. The van der Waals surface area contributed by atoms with Gasteiger partial charge < -0.3 is 15.4 Å². The number of carbonyl (C=O) groups excluding carboxylic acids is 1. The van der Waals surface area contributed by atoms with E-state index in [1.165, 1.54) is 11.3 Å². The number of rotatable bonds is 1. The second-order valence-electron chi connectivity index (χ2n) is 6.27. The molecule has 1 atom stereocenters. The van der Waals surface area contributed by atoms with Crippen LogP contribution in [0.1, 0.15) is 39.2 Å². The van der Waals surface area contributed by atoms with Crippen LogP contribution < -0.4 is 10.6 Å². The minimum atomic E-state index is -0.453. The monoisotopic (exact) mass is 276 g/mol. The van der Waals surface area contributed by atoms with Crippen LogP contribution >= 0.6 is 0 Å². The van der Waals surface area contributed by atoms with Gasteiger partial charge >= 0.3 is 6.09 Å². The molecule has 0 saturated carbocycles. The van der Waals surface area contributed by atoms with Gasteiger partial charge in [-0.15, -0.1) is 0 Å². The highest BCUT2D eigenvalue weighted by molar-refractivity contribution is 5.68. The normalized spacial score (nSPS) is 19.1. The topological polar surface area (TPSA) is 50.4 Å². The van der Waals surface area contributed by atoms with Gasteiger partial charge in [-0.05, 0) is 51.7 Å².